The summed E-state index contributed by atoms with van der Waals surface area (Å²) < 4.78 is 12.3. The molecule has 1 amide bonds. The van der Waals surface area contributed by atoms with Crippen molar-refractivity contribution < 1.29 is 14.3 Å². The summed E-state index contributed by atoms with van der Waals surface area (Å²) in [5, 5.41) is 3.41. The zero-order valence-electron chi connectivity index (χ0n) is 24.2. The second-order valence-corrected chi connectivity index (χ2v) is 10.9. The summed E-state index contributed by atoms with van der Waals surface area (Å²) in [5.74, 6) is 3.45. The van der Waals surface area contributed by atoms with Crippen LogP contribution in [0.1, 0.15) is 11.1 Å². The Balaban J connectivity index is 1.22. The van der Waals surface area contributed by atoms with E-state index in [0.717, 1.165) is 34.9 Å². The number of piperazine rings is 1. The number of hydrogen-bond acceptors (Lipinski definition) is 10. The molecular weight excluding hydrogens is 532 g/mol. The van der Waals surface area contributed by atoms with Gasteiger partial charge in [-0.3, -0.25) is 9.78 Å². The predicted molar refractivity (Wildman–Crippen MR) is 162 cm³/mol. The highest BCUT2D eigenvalue weighted by molar-refractivity contribution is 5.90. The maximum atomic E-state index is 12.9. The highest BCUT2D eigenvalue weighted by atomic mass is 16.5. The number of nitrogens with one attached hydrogen (secondary N) is 1. The van der Waals surface area contributed by atoms with Gasteiger partial charge in [-0.25, -0.2) is 15.0 Å². The third-order valence-corrected chi connectivity index (χ3v) is 7.30. The van der Waals surface area contributed by atoms with E-state index in [4.69, 9.17) is 14.5 Å². The number of aromatic nitrogens is 4. The van der Waals surface area contributed by atoms with Gasteiger partial charge in [0, 0.05) is 50.2 Å². The van der Waals surface area contributed by atoms with Crippen LogP contribution in [0.5, 0.6) is 17.2 Å². The van der Waals surface area contributed by atoms with Crippen LogP contribution in [0, 0.1) is 13.8 Å². The Morgan fingerprint density at radius 1 is 1.17 bits per heavy atom. The number of nitrogens with zero attached hydrogens (tertiary/aromatic N) is 7. The summed E-state index contributed by atoms with van der Waals surface area (Å²) in [6, 6.07) is 9.66. The smallest absolute Gasteiger partial charge is 0.246 e. The van der Waals surface area contributed by atoms with E-state index in [1.807, 2.05) is 74.2 Å². The van der Waals surface area contributed by atoms with Crippen LogP contribution in [0.3, 0.4) is 0 Å². The minimum absolute atomic E-state index is 0.00814. The first kappa shape index (κ1) is 27.4. The van der Waals surface area contributed by atoms with Crippen molar-refractivity contribution in [2.24, 2.45) is 0 Å². The number of likely N-dealkylation sites (N-methyl/N-ethyl adjacent to an activating group) is 1. The number of amides is 1. The molecule has 42 heavy (non-hydrogen) atoms. The quantitative estimate of drug-likeness (QED) is 0.329. The SMILES string of the molecule is Cc1cncc(Oc2ccc(Nc3ncnc4cc5c(nc34)N3CCN(C(=O)/C=C/CN(C)C)[C@H](CO5)C3)cc2C)c1. The third kappa shape index (κ3) is 5.82. The number of anilines is 3. The van der Waals surface area contributed by atoms with Crippen LogP contribution in [0.15, 0.2) is 61.2 Å². The van der Waals surface area contributed by atoms with Gasteiger partial charge < -0.3 is 29.5 Å². The third-order valence-electron chi connectivity index (χ3n) is 7.30. The molecule has 1 N–H and O–H groups in total. The van der Waals surface area contributed by atoms with Crippen molar-refractivity contribution in [3.05, 3.63) is 72.3 Å². The number of carbonyl (C=O) groups is 1. The summed E-state index contributed by atoms with van der Waals surface area (Å²) in [6.45, 7) is 6.99. The molecule has 2 bridgehead atoms. The average molecular weight is 567 g/mol. The van der Waals surface area contributed by atoms with Gasteiger partial charge in [0.2, 0.25) is 5.91 Å². The number of fused-ring (bicyclic) bond motifs is 5. The van der Waals surface area contributed by atoms with Crippen molar-refractivity contribution in [2.75, 3.05) is 57.1 Å². The number of ether oxygens (including phenoxy) is 2. The van der Waals surface area contributed by atoms with Crippen LogP contribution >= 0.6 is 0 Å². The van der Waals surface area contributed by atoms with E-state index >= 15 is 0 Å². The normalized spacial score (nSPS) is 16.4. The largest absolute Gasteiger partial charge is 0.487 e. The minimum atomic E-state index is -0.0736. The number of rotatable bonds is 7. The van der Waals surface area contributed by atoms with Crippen molar-refractivity contribution in [3.8, 4) is 17.2 Å². The molecule has 0 spiro atoms. The predicted octanol–water partition coefficient (Wildman–Crippen LogP) is 4.10. The molecule has 11 nitrogen and oxygen atoms in total. The number of pyridine rings is 2. The second kappa shape index (κ2) is 11.6. The Labute approximate surface area is 244 Å². The average Bonchev–Trinajstić information content (AvgIpc) is 3.09. The number of carbonyl (C=O) groups excluding carboxylic acids is 1. The van der Waals surface area contributed by atoms with E-state index in [1.165, 1.54) is 6.33 Å². The van der Waals surface area contributed by atoms with Crippen molar-refractivity contribution in [1.29, 1.82) is 0 Å². The van der Waals surface area contributed by atoms with E-state index in [9.17, 15) is 4.79 Å². The summed E-state index contributed by atoms with van der Waals surface area (Å²) in [5.41, 5.74) is 4.17. The first-order chi connectivity index (χ1) is 20.3. The number of hydrogen-bond donors (Lipinski definition) is 1. The monoisotopic (exact) mass is 566 g/mol. The molecule has 1 fully saturated rings. The van der Waals surface area contributed by atoms with Crippen molar-refractivity contribution >= 4 is 34.3 Å². The standard InChI is InChI=1S/C31H34N8O3/c1-20-12-24(16-32-15-20)42-26-8-7-22(13-21(26)2)35-30-29-25(33-19-34-30)14-27-31(36-29)38-10-11-39(23(17-38)18-41-27)28(40)6-5-9-37(3)4/h5-8,12-16,19,23H,9-11,17-18H2,1-4H3,(H,33,34,35)/b6-5+/t23-/m0/s1. The molecule has 6 rings (SSSR count). The molecule has 0 saturated carbocycles. The van der Waals surface area contributed by atoms with Crippen LogP contribution in [-0.4, -0.2) is 88.6 Å². The summed E-state index contributed by atoms with van der Waals surface area (Å²) in [7, 11) is 3.95. The van der Waals surface area contributed by atoms with Gasteiger partial charge in [0.05, 0.1) is 17.8 Å². The van der Waals surface area contributed by atoms with Gasteiger partial charge in [-0.15, -0.1) is 0 Å². The Kier molecular flexibility index (Phi) is 7.58. The maximum Gasteiger partial charge on any atom is 0.246 e. The van der Waals surface area contributed by atoms with Crippen LogP contribution in [0.2, 0.25) is 0 Å². The highest BCUT2D eigenvalue weighted by Crippen LogP contribution is 2.36. The van der Waals surface area contributed by atoms with Crippen molar-refractivity contribution in [3.63, 3.8) is 0 Å². The number of benzene rings is 1. The Morgan fingerprint density at radius 2 is 2.05 bits per heavy atom. The molecule has 4 aromatic rings. The van der Waals surface area contributed by atoms with E-state index in [0.29, 0.717) is 54.6 Å². The van der Waals surface area contributed by atoms with Crippen molar-refractivity contribution in [1.82, 2.24) is 29.7 Å². The Morgan fingerprint density at radius 3 is 2.86 bits per heavy atom. The molecule has 5 heterocycles. The summed E-state index contributed by atoms with van der Waals surface area (Å²) >= 11 is 0. The van der Waals surface area contributed by atoms with Crippen LogP contribution in [0.4, 0.5) is 17.3 Å². The van der Waals surface area contributed by atoms with E-state index in [1.54, 1.807) is 18.5 Å². The lowest BCUT2D eigenvalue weighted by atomic mass is 10.1. The van der Waals surface area contributed by atoms with Gasteiger partial charge in [-0.1, -0.05) is 6.08 Å². The fourth-order valence-electron chi connectivity index (χ4n) is 5.20. The van der Waals surface area contributed by atoms with E-state index in [-0.39, 0.29) is 11.9 Å². The maximum absolute atomic E-state index is 12.9. The molecule has 1 saturated heterocycles. The Bertz CT molecular complexity index is 1660. The molecule has 11 heteroatoms. The van der Waals surface area contributed by atoms with E-state index < -0.39 is 0 Å². The highest BCUT2D eigenvalue weighted by Gasteiger charge is 2.35. The second-order valence-electron chi connectivity index (χ2n) is 10.9. The first-order valence-corrected chi connectivity index (χ1v) is 14.0. The van der Waals surface area contributed by atoms with E-state index in [2.05, 4.69) is 25.2 Å². The minimum Gasteiger partial charge on any atom is -0.487 e. The number of aryl methyl sites for hydroxylation is 2. The fraction of sp³-hybridized carbons (Fsp3) is 0.323. The van der Waals surface area contributed by atoms with Gasteiger partial charge in [0.25, 0.3) is 0 Å². The summed E-state index contributed by atoms with van der Waals surface area (Å²) in [6.07, 6.45) is 8.57. The summed E-state index contributed by atoms with van der Waals surface area (Å²) in [4.78, 5) is 37.2. The fourth-order valence-corrected chi connectivity index (χ4v) is 5.20. The molecule has 2 aliphatic heterocycles. The molecule has 0 unspecified atom stereocenters. The Hall–Kier alpha value is -4.77. The van der Waals surface area contributed by atoms with Crippen LogP contribution in [0.25, 0.3) is 11.0 Å². The first-order valence-electron chi connectivity index (χ1n) is 14.0. The van der Waals surface area contributed by atoms with Gasteiger partial charge in [0.1, 0.15) is 29.9 Å². The molecule has 1 aromatic carbocycles. The lowest BCUT2D eigenvalue weighted by Crippen LogP contribution is -2.56. The van der Waals surface area contributed by atoms with Gasteiger partial charge in [-0.05, 0) is 63.3 Å². The van der Waals surface area contributed by atoms with Gasteiger partial charge in [-0.2, -0.15) is 0 Å². The van der Waals surface area contributed by atoms with Crippen LogP contribution < -0.4 is 19.7 Å². The molecule has 2 aliphatic rings. The zero-order valence-corrected chi connectivity index (χ0v) is 24.2. The molecular formula is C31H34N8O3. The molecule has 0 radical (unpaired) electrons. The van der Waals surface area contributed by atoms with Gasteiger partial charge >= 0.3 is 0 Å². The molecule has 3 aromatic heterocycles. The molecule has 216 valence electrons. The molecule has 0 aliphatic carbocycles. The topological polar surface area (TPSA) is 109 Å². The molecule has 1 atom stereocenters. The van der Waals surface area contributed by atoms with Crippen LogP contribution in [-0.2, 0) is 4.79 Å². The van der Waals surface area contributed by atoms with Gasteiger partial charge in [0.15, 0.2) is 17.4 Å². The lowest BCUT2D eigenvalue weighted by Gasteiger charge is -2.39. The zero-order chi connectivity index (χ0) is 29.2. The van der Waals surface area contributed by atoms with Crippen molar-refractivity contribution in [2.45, 2.75) is 19.9 Å². The lowest BCUT2D eigenvalue weighted by molar-refractivity contribution is -0.129.